The predicted molar refractivity (Wildman–Crippen MR) is 250 cm³/mol. The van der Waals surface area contributed by atoms with Crippen LogP contribution >= 0.6 is 0 Å². The quantitative estimate of drug-likeness (QED) is 0.160. The molecule has 290 valence electrons. The Labute approximate surface area is 356 Å². The number of aromatic nitrogens is 6. The van der Waals surface area contributed by atoms with E-state index in [4.69, 9.17) is 29.3 Å². The second kappa shape index (κ2) is 14.6. The molecule has 0 N–H and O–H groups in total. The second-order valence-corrected chi connectivity index (χ2v) is 15.3. The van der Waals surface area contributed by atoms with E-state index in [0.717, 1.165) is 77.8 Å². The summed E-state index contributed by atoms with van der Waals surface area (Å²) in [5, 5.41) is 3.33. The Morgan fingerprint density at radius 1 is 0.323 bits per heavy atom. The molecule has 0 aliphatic rings. The largest absolute Gasteiger partial charge is 0.452 e. The Morgan fingerprint density at radius 2 is 0.790 bits per heavy atom. The number of para-hydroxylation sites is 3. The summed E-state index contributed by atoms with van der Waals surface area (Å²) in [6.45, 7) is 0. The van der Waals surface area contributed by atoms with Crippen molar-refractivity contribution in [1.82, 2.24) is 29.5 Å². The first kappa shape index (κ1) is 35.4. The van der Waals surface area contributed by atoms with Crippen LogP contribution in [0.1, 0.15) is 0 Å². The molecule has 0 aliphatic carbocycles. The summed E-state index contributed by atoms with van der Waals surface area (Å²) < 4.78 is 8.83. The van der Waals surface area contributed by atoms with Gasteiger partial charge in [0.05, 0.1) is 11.0 Å². The Bertz CT molecular complexity index is 3540. The summed E-state index contributed by atoms with van der Waals surface area (Å²) in [6, 6.07) is 70.6. The summed E-state index contributed by atoms with van der Waals surface area (Å²) >= 11 is 0. The van der Waals surface area contributed by atoms with Crippen molar-refractivity contribution < 1.29 is 4.42 Å². The lowest BCUT2D eigenvalue weighted by molar-refractivity contribution is 0.667. The number of benzene rings is 8. The molecule has 12 aromatic rings. The molecule has 0 fully saturated rings. The van der Waals surface area contributed by atoms with E-state index in [2.05, 4.69) is 126 Å². The van der Waals surface area contributed by atoms with Crippen LogP contribution in [0.25, 0.3) is 117 Å². The summed E-state index contributed by atoms with van der Waals surface area (Å²) in [5.74, 6) is 2.53. The highest BCUT2D eigenvalue weighted by molar-refractivity contribution is 6.11. The van der Waals surface area contributed by atoms with Crippen LogP contribution in [0.3, 0.4) is 0 Å². The van der Waals surface area contributed by atoms with Gasteiger partial charge >= 0.3 is 0 Å². The van der Waals surface area contributed by atoms with Crippen molar-refractivity contribution in [1.29, 1.82) is 0 Å². The second-order valence-electron chi connectivity index (χ2n) is 15.3. The molecule has 0 atom stereocenters. The molecule has 0 unspecified atom stereocenters. The molecule has 0 saturated heterocycles. The van der Waals surface area contributed by atoms with E-state index in [-0.39, 0.29) is 0 Å². The molecule has 7 heteroatoms. The molecule has 8 aromatic carbocycles. The maximum Gasteiger partial charge on any atom is 0.180 e. The molecule has 4 heterocycles. The Kier molecular flexibility index (Phi) is 8.35. The molecule has 0 amide bonds. The van der Waals surface area contributed by atoms with E-state index in [1.807, 2.05) is 84.9 Å². The fourth-order valence-electron chi connectivity index (χ4n) is 8.45. The lowest BCUT2D eigenvalue weighted by Gasteiger charge is -2.10. The van der Waals surface area contributed by atoms with Crippen molar-refractivity contribution in [2.75, 3.05) is 0 Å². The number of rotatable bonds is 7. The Hall–Kier alpha value is -8.55. The first-order chi connectivity index (χ1) is 30.7. The molecule has 4 aromatic heterocycles. The third-order valence-corrected chi connectivity index (χ3v) is 11.5. The van der Waals surface area contributed by atoms with E-state index in [1.165, 1.54) is 10.8 Å². The standard InChI is InChI=1S/C55H34N6O/c1-4-14-38(15-5-1)52-58-53(39-16-6-2-7-17-39)60-54(59-52)40-30-26-36(27-31-40)35-24-28-37(29-25-35)49-51-50(45-21-11-13-23-48(45)62-51)57-55(56-49)41-32-33-44-43-20-10-12-22-46(43)61(47(44)34-41)42-18-8-3-9-19-42/h1-34H. The van der Waals surface area contributed by atoms with E-state index >= 15 is 0 Å². The van der Waals surface area contributed by atoms with E-state index in [1.54, 1.807) is 0 Å². The van der Waals surface area contributed by atoms with Crippen LogP contribution in [0.5, 0.6) is 0 Å². The Morgan fingerprint density at radius 3 is 1.44 bits per heavy atom. The Balaban J connectivity index is 0.929. The first-order valence-electron chi connectivity index (χ1n) is 20.6. The molecule has 0 aliphatic heterocycles. The monoisotopic (exact) mass is 794 g/mol. The topological polar surface area (TPSA) is 82.5 Å². The number of furan rings is 1. The van der Waals surface area contributed by atoms with Crippen molar-refractivity contribution in [3.8, 4) is 73.6 Å². The molecular formula is C55H34N6O. The van der Waals surface area contributed by atoms with Gasteiger partial charge < -0.3 is 8.98 Å². The smallest absolute Gasteiger partial charge is 0.180 e. The van der Waals surface area contributed by atoms with Gasteiger partial charge in [-0.25, -0.2) is 24.9 Å². The molecule has 12 rings (SSSR count). The lowest BCUT2D eigenvalue weighted by Crippen LogP contribution is -2.00. The zero-order valence-electron chi connectivity index (χ0n) is 33.2. The minimum Gasteiger partial charge on any atom is -0.452 e. The fourth-order valence-corrected chi connectivity index (χ4v) is 8.45. The van der Waals surface area contributed by atoms with Gasteiger partial charge in [-0.15, -0.1) is 0 Å². The normalized spacial score (nSPS) is 11.5. The van der Waals surface area contributed by atoms with Gasteiger partial charge in [-0.2, -0.15) is 0 Å². The minimum absolute atomic E-state index is 0.620. The zero-order valence-corrected chi connectivity index (χ0v) is 33.2. The van der Waals surface area contributed by atoms with Crippen LogP contribution in [0.4, 0.5) is 0 Å². The fraction of sp³-hybridized carbons (Fsp3) is 0. The van der Waals surface area contributed by atoms with Crippen LogP contribution in [-0.4, -0.2) is 29.5 Å². The van der Waals surface area contributed by atoms with Gasteiger partial charge in [-0.05, 0) is 47.5 Å². The zero-order chi connectivity index (χ0) is 41.0. The third-order valence-electron chi connectivity index (χ3n) is 11.5. The molecule has 0 bridgehead atoms. The highest BCUT2D eigenvalue weighted by Gasteiger charge is 2.20. The van der Waals surface area contributed by atoms with Crippen molar-refractivity contribution in [3.63, 3.8) is 0 Å². The highest BCUT2D eigenvalue weighted by atomic mass is 16.3. The lowest BCUT2D eigenvalue weighted by atomic mass is 10.0. The molecule has 0 spiro atoms. The van der Waals surface area contributed by atoms with Crippen LogP contribution in [0, 0.1) is 0 Å². The van der Waals surface area contributed by atoms with Crippen molar-refractivity contribution in [2.45, 2.75) is 0 Å². The average Bonchev–Trinajstić information content (AvgIpc) is 3.90. The van der Waals surface area contributed by atoms with Gasteiger partial charge in [0.15, 0.2) is 28.9 Å². The van der Waals surface area contributed by atoms with Crippen LogP contribution in [-0.2, 0) is 0 Å². The van der Waals surface area contributed by atoms with Crippen molar-refractivity contribution in [3.05, 3.63) is 206 Å². The van der Waals surface area contributed by atoms with E-state index < -0.39 is 0 Å². The number of nitrogens with zero attached hydrogens (tertiary/aromatic N) is 6. The van der Waals surface area contributed by atoms with Gasteiger partial charge in [0.25, 0.3) is 0 Å². The van der Waals surface area contributed by atoms with Crippen LogP contribution in [0.2, 0.25) is 0 Å². The van der Waals surface area contributed by atoms with Gasteiger partial charge in [0, 0.05) is 49.7 Å². The molecule has 7 nitrogen and oxygen atoms in total. The summed E-state index contributed by atoms with van der Waals surface area (Å²) in [4.78, 5) is 25.1. The number of hydrogen-bond donors (Lipinski definition) is 0. The van der Waals surface area contributed by atoms with Gasteiger partial charge in [-0.1, -0.05) is 170 Å². The molecule has 62 heavy (non-hydrogen) atoms. The first-order valence-corrected chi connectivity index (χ1v) is 20.6. The number of hydrogen-bond acceptors (Lipinski definition) is 6. The van der Waals surface area contributed by atoms with Gasteiger partial charge in [-0.3, -0.25) is 0 Å². The summed E-state index contributed by atoms with van der Waals surface area (Å²) in [7, 11) is 0. The minimum atomic E-state index is 0.620. The predicted octanol–water partition coefficient (Wildman–Crippen LogP) is 13.7. The van der Waals surface area contributed by atoms with Crippen molar-refractivity contribution >= 4 is 43.9 Å². The highest BCUT2D eigenvalue weighted by Crippen LogP contribution is 2.39. The summed E-state index contributed by atoms with van der Waals surface area (Å²) in [6.07, 6.45) is 0. The van der Waals surface area contributed by atoms with E-state index in [0.29, 0.717) is 28.9 Å². The maximum absolute atomic E-state index is 6.51. The van der Waals surface area contributed by atoms with Crippen molar-refractivity contribution in [2.24, 2.45) is 0 Å². The summed E-state index contributed by atoms with van der Waals surface area (Å²) in [5.41, 5.74) is 13.1. The maximum atomic E-state index is 6.51. The van der Waals surface area contributed by atoms with Gasteiger partial charge in [0.1, 0.15) is 16.8 Å². The van der Waals surface area contributed by atoms with Gasteiger partial charge in [0.2, 0.25) is 0 Å². The number of fused-ring (bicyclic) bond motifs is 6. The molecule has 0 saturated carbocycles. The third kappa shape index (κ3) is 6.11. The molecular weight excluding hydrogens is 761 g/mol. The molecule has 0 radical (unpaired) electrons. The average molecular weight is 795 g/mol. The van der Waals surface area contributed by atoms with Crippen LogP contribution in [0.15, 0.2) is 211 Å². The SMILES string of the molecule is c1ccc(-c2nc(-c3ccccc3)nc(-c3ccc(-c4ccc(-c5nc(-c6ccc7c8ccccc8n(-c8ccccc8)c7c6)nc6c5oc5ccccc56)cc4)cc3)n2)cc1. The van der Waals surface area contributed by atoms with E-state index in [9.17, 15) is 0 Å². The van der Waals surface area contributed by atoms with Crippen LogP contribution < -0.4 is 0 Å².